The standard InChI is InChI=1S/C19H17FN2O5/c1-12(23)21-10-15-11-22(19(25)27-15)13-4-6-16(17(20)9-13)18(24)7-5-14-3-2-8-26-14/h2-9,15H,10-11H2,1H3,(H,21,23)/b7-5+/t15-/m0/s1. The fourth-order valence-corrected chi connectivity index (χ4v) is 2.60. The molecule has 7 nitrogen and oxygen atoms in total. The van der Waals surface area contributed by atoms with Crippen molar-refractivity contribution in [3.63, 3.8) is 0 Å². The minimum Gasteiger partial charge on any atom is -0.465 e. The summed E-state index contributed by atoms with van der Waals surface area (Å²) in [4.78, 5) is 36.3. The van der Waals surface area contributed by atoms with Gasteiger partial charge in [0.2, 0.25) is 5.91 Å². The highest BCUT2D eigenvalue weighted by Crippen LogP contribution is 2.24. The molecule has 0 radical (unpaired) electrons. The quantitative estimate of drug-likeness (QED) is 0.622. The zero-order valence-electron chi connectivity index (χ0n) is 14.5. The van der Waals surface area contributed by atoms with Gasteiger partial charge in [-0.1, -0.05) is 0 Å². The molecule has 1 aliphatic heterocycles. The van der Waals surface area contributed by atoms with Gasteiger partial charge in [0.05, 0.1) is 30.6 Å². The highest BCUT2D eigenvalue weighted by Gasteiger charge is 2.32. The predicted molar refractivity (Wildman–Crippen MR) is 94.8 cm³/mol. The molecule has 0 unspecified atom stereocenters. The van der Waals surface area contributed by atoms with Crippen molar-refractivity contribution in [3.05, 3.63) is 59.8 Å². The Bertz CT molecular complexity index is 892. The molecule has 27 heavy (non-hydrogen) atoms. The number of ketones is 1. The molecule has 2 heterocycles. The second kappa shape index (κ2) is 7.86. The third kappa shape index (κ3) is 4.41. The minimum absolute atomic E-state index is 0.121. The largest absolute Gasteiger partial charge is 0.465 e. The summed E-state index contributed by atoms with van der Waals surface area (Å²) in [6.45, 7) is 1.71. The Hall–Kier alpha value is -3.42. The first kappa shape index (κ1) is 18.4. The van der Waals surface area contributed by atoms with Crippen LogP contribution in [0.2, 0.25) is 0 Å². The monoisotopic (exact) mass is 372 g/mol. The number of hydrogen-bond acceptors (Lipinski definition) is 5. The Kier molecular flexibility index (Phi) is 5.35. The first-order valence-corrected chi connectivity index (χ1v) is 8.22. The summed E-state index contributed by atoms with van der Waals surface area (Å²) in [6.07, 6.45) is 2.96. The number of nitrogens with one attached hydrogen (secondary N) is 1. The molecule has 1 saturated heterocycles. The van der Waals surface area contributed by atoms with Crippen molar-refractivity contribution in [2.75, 3.05) is 18.0 Å². The van der Waals surface area contributed by atoms with Crippen LogP contribution >= 0.6 is 0 Å². The van der Waals surface area contributed by atoms with Crippen molar-refractivity contribution in [3.8, 4) is 0 Å². The fourth-order valence-electron chi connectivity index (χ4n) is 2.60. The molecule has 1 fully saturated rings. The lowest BCUT2D eigenvalue weighted by Gasteiger charge is -2.14. The van der Waals surface area contributed by atoms with E-state index in [4.69, 9.17) is 9.15 Å². The van der Waals surface area contributed by atoms with Crippen molar-refractivity contribution in [1.82, 2.24) is 5.32 Å². The van der Waals surface area contributed by atoms with Gasteiger partial charge in [-0.2, -0.15) is 0 Å². The smallest absolute Gasteiger partial charge is 0.414 e. The van der Waals surface area contributed by atoms with Gasteiger partial charge in [-0.25, -0.2) is 9.18 Å². The van der Waals surface area contributed by atoms with E-state index in [1.54, 1.807) is 12.1 Å². The van der Waals surface area contributed by atoms with E-state index in [1.807, 2.05) is 0 Å². The van der Waals surface area contributed by atoms with Gasteiger partial charge in [0.15, 0.2) is 5.78 Å². The van der Waals surface area contributed by atoms with Crippen LogP contribution in [0, 0.1) is 5.82 Å². The molecular weight excluding hydrogens is 355 g/mol. The Morgan fingerprint density at radius 3 is 2.85 bits per heavy atom. The number of benzene rings is 1. The summed E-state index contributed by atoms with van der Waals surface area (Å²) < 4.78 is 24.6. The number of rotatable bonds is 6. The number of anilines is 1. The first-order valence-electron chi connectivity index (χ1n) is 8.22. The average molecular weight is 372 g/mol. The molecule has 0 spiro atoms. The van der Waals surface area contributed by atoms with E-state index in [2.05, 4.69) is 5.32 Å². The van der Waals surface area contributed by atoms with Crippen LogP contribution in [0.1, 0.15) is 23.0 Å². The lowest BCUT2D eigenvalue weighted by molar-refractivity contribution is -0.119. The van der Waals surface area contributed by atoms with E-state index in [1.165, 1.54) is 42.4 Å². The molecule has 2 aromatic rings. The number of halogens is 1. The van der Waals surface area contributed by atoms with Gasteiger partial charge in [0.1, 0.15) is 17.7 Å². The fraction of sp³-hybridized carbons (Fsp3) is 0.211. The first-order chi connectivity index (χ1) is 12.9. The maximum atomic E-state index is 14.4. The van der Waals surface area contributed by atoms with E-state index in [0.29, 0.717) is 5.76 Å². The maximum Gasteiger partial charge on any atom is 0.414 e. The van der Waals surface area contributed by atoms with Crippen LogP contribution in [0.5, 0.6) is 0 Å². The van der Waals surface area contributed by atoms with Crippen molar-refractivity contribution >= 4 is 29.5 Å². The molecule has 2 amide bonds. The van der Waals surface area contributed by atoms with E-state index in [0.717, 1.165) is 6.07 Å². The third-order valence-corrected chi connectivity index (χ3v) is 3.92. The van der Waals surface area contributed by atoms with Gasteiger partial charge in [-0.3, -0.25) is 14.5 Å². The minimum atomic E-state index is -0.750. The Morgan fingerprint density at radius 2 is 2.19 bits per heavy atom. The molecule has 1 aromatic carbocycles. The SMILES string of the molecule is CC(=O)NC[C@H]1CN(c2ccc(C(=O)/C=C/c3ccco3)c(F)c2)C(=O)O1. The molecule has 3 rings (SSSR count). The summed E-state index contributed by atoms with van der Waals surface area (Å²) in [5.41, 5.74) is 0.151. The summed E-state index contributed by atoms with van der Waals surface area (Å²) in [5, 5.41) is 2.56. The summed E-state index contributed by atoms with van der Waals surface area (Å²) in [6, 6.07) is 7.23. The van der Waals surface area contributed by atoms with Gasteiger partial charge < -0.3 is 14.5 Å². The highest BCUT2D eigenvalue weighted by atomic mass is 19.1. The van der Waals surface area contributed by atoms with Crippen LogP contribution < -0.4 is 10.2 Å². The van der Waals surface area contributed by atoms with Crippen LogP contribution in [-0.2, 0) is 9.53 Å². The summed E-state index contributed by atoms with van der Waals surface area (Å²) in [7, 11) is 0. The van der Waals surface area contributed by atoms with Crippen molar-refractivity contribution in [2.45, 2.75) is 13.0 Å². The second-order valence-corrected chi connectivity index (χ2v) is 5.93. The van der Waals surface area contributed by atoms with Crippen LogP contribution in [0.25, 0.3) is 6.08 Å². The maximum absolute atomic E-state index is 14.4. The Morgan fingerprint density at radius 1 is 1.37 bits per heavy atom. The highest BCUT2D eigenvalue weighted by molar-refractivity contribution is 6.07. The molecule has 1 aromatic heterocycles. The van der Waals surface area contributed by atoms with Crippen molar-refractivity contribution in [2.24, 2.45) is 0 Å². The number of amides is 2. The lowest BCUT2D eigenvalue weighted by Crippen LogP contribution is -2.33. The number of allylic oxidation sites excluding steroid dienone is 1. The predicted octanol–water partition coefficient (Wildman–Crippen LogP) is 2.78. The third-order valence-electron chi connectivity index (χ3n) is 3.92. The molecule has 1 atom stereocenters. The van der Waals surface area contributed by atoms with Crippen molar-refractivity contribution in [1.29, 1.82) is 0 Å². The van der Waals surface area contributed by atoms with E-state index >= 15 is 0 Å². The number of furan rings is 1. The molecule has 140 valence electrons. The summed E-state index contributed by atoms with van der Waals surface area (Å²) >= 11 is 0. The second-order valence-electron chi connectivity index (χ2n) is 5.93. The summed E-state index contributed by atoms with van der Waals surface area (Å²) in [5.74, 6) is -1.03. The Labute approximate surface area is 154 Å². The number of ether oxygens (including phenoxy) is 1. The number of nitrogens with zero attached hydrogens (tertiary/aromatic N) is 1. The van der Waals surface area contributed by atoms with E-state index in [-0.39, 0.29) is 30.2 Å². The van der Waals surface area contributed by atoms with Gasteiger partial charge in [0.25, 0.3) is 0 Å². The number of carbonyl (C=O) groups is 3. The normalized spacial score (nSPS) is 16.6. The van der Waals surface area contributed by atoms with Crippen LogP contribution in [0.15, 0.2) is 47.1 Å². The van der Waals surface area contributed by atoms with E-state index in [9.17, 15) is 18.8 Å². The van der Waals surface area contributed by atoms with Gasteiger partial charge >= 0.3 is 6.09 Å². The zero-order valence-corrected chi connectivity index (χ0v) is 14.5. The molecular formula is C19H17FN2O5. The molecule has 1 N–H and O–H groups in total. The topological polar surface area (TPSA) is 88.9 Å². The van der Waals surface area contributed by atoms with Crippen LogP contribution in [-0.4, -0.2) is 37.0 Å². The molecule has 1 aliphatic rings. The molecule has 0 saturated carbocycles. The van der Waals surface area contributed by atoms with Gasteiger partial charge in [-0.05, 0) is 42.5 Å². The Balaban J connectivity index is 1.70. The molecule has 0 bridgehead atoms. The number of cyclic esters (lactones) is 1. The number of carbonyl (C=O) groups excluding carboxylic acids is 3. The molecule has 0 aliphatic carbocycles. The van der Waals surface area contributed by atoms with Gasteiger partial charge in [0, 0.05) is 6.92 Å². The van der Waals surface area contributed by atoms with Crippen LogP contribution in [0.4, 0.5) is 14.9 Å². The zero-order chi connectivity index (χ0) is 19.4. The number of hydrogen-bond donors (Lipinski definition) is 1. The van der Waals surface area contributed by atoms with Crippen molar-refractivity contribution < 1.29 is 27.9 Å². The van der Waals surface area contributed by atoms with E-state index < -0.39 is 23.8 Å². The average Bonchev–Trinajstić information content (AvgIpc) is 3.27. The lowest BCUT2D eigenvalue weighted by atomic mass is 10.1. The van der Waals surface area contributed by atoms with Gasteiger partial charge in [-0.15, -0.1) is 0 Å². The van der Waals surface area contributed by atoms with Crippen LogP contribution in [0.3, 0.4) is 0 Å². The molecule has 8 heteroatoms.